The molecule has 0 aliphatic carbocycles. The zero-order chi connectivity index (χ0) is 15.9. The van der Waals surface area contributed by atoms with Crippen LogP contribution in [0.1, 0.15) is 44.2 Å². The van der Waals surface area contributed by atoms with E-state index in [1.165, 1.54) is 0 Å². The third kappa shape index (κ3) is 7.02. The summed E-state index contributed by atoms with van der Waals surface area (Å²) >= 11 is 4.95. The van der Waals surface area contributed by atoms with Crippen LogP contribution in [-0.2, 0) is 15.8 Å². The second kappa shape index (κ2) is 8.46. The molecule has 118 valence electrons. The number of benzene rings is 1. The second-order valence-electron chi connectivity index (χ2n) is 5.56. The number of nitrogens with two attached hydrogens (primary N) is 1. The molecule has 0 amide bonds. The Labute approximate surface area is 133 Å². The molecule has 0 radical (unpaired) electrons. The summed E-state index contributed by atoms with van der Waals surface area (Å²) in [5.41, 5.74) is 6.88. The highest BCUT2D eigenvalue weighted by Crippen LogP contribution is 2.12. The van der Waals surface area contributed by atoms with Gasteiger partial charge >= 0.3 is 0 Å². The van der Waals surface area contributed by atoms with Crippen molar-refractivity contribution in [3.63, 3.8) is 0 Å². The van der Waals surface area contributed by atoms with Crippen molar-refractivity contribution in [2.75, 3.05) is 6.54 Å². The number of hydrogen-bond acceptors (Lipinski definition) is 3. The van der Waals surface area contributed by atoms with Gasteiger partial charge < -0.3 is 5.73 Å². The van der Waals surface area contributed by atoms with Gasteiger partial charge in [-0.3, -0.25) is 0 Å². The van der Waals surface area contributed by atoms with Crippen molar-refractivity contribution in [3.8, 4) is 0 Å². The van der Waals surface area contributed by atoms with E-state index < -0.39 is 10.0 Å². The fraction of sp³-hybridized carbons (Fsp3) is 0.533. The average Bonchev–Trinajstić information content (AvgIpc) is 2.37. The monoisotopic (exact) mass is 328 g/mol. The lowest BCUT2D eigenvalue weighted by molar-refractivity contribution is 0.530. The van der Waals surface area contributed by atoms with Crippen LogP contribution in [0.4, 0.5) is 0 Å². The lowest BCUT2D eigenvalue weighted by Crippen LogP contribution is -2.27. The average molecular weight is 329 g/mol. The molecule has 0 fully saturated rings. The van der Waals surface area contributed by atoms with E-state index in [9.17, 15) is 8.42 Å². The van der Waals surface area contributed by atoms with Crippen LogP contribution in [0.15, 0.2) is 24.3 Å². The van der Waals surface area contributed by atoms with E-state index in [-0.39, 0.29) is 10.7 Å². The van der Waals surface area contributed by atoms with Gasteiger partial charge in [0.05, 0.1) is 5.75 Å². The van der Waals surface area contributed by atoms with Crippen LogP contribution in [0.25, 0.3) is 0 Å². The normalized spacial score (nSPS) is 11.8. The van der Waals surface area contributed by atoms with Crippen molar-refractivity contribution in [1.29, 1.82) is 0 Å². The number of sulfonamides is 1. The smallest absolute Gasteiger partial charge is 0.215 e. The molecule has 0 aliphatic rings. The van der Waals surface area contributed by atoms with Crippen LogP contribution in [0.5, 0.6) is 0 Å². The first-order valence-electron chi connectivity index (χ1n) is 7.17. The van der Waals surface area contributed by atoms with E-state index in [1.54, 1.807) is 24.3 Å². The Morgan fingerprint density at radius 3 is 2.57 bits per heavy atom. The number of nitrogens with one attached hydrogen (secondary N) is 1. The summed E-state index contributed by atoms with van der Waals surface area (Å²) in [6.45, 7) is 4.80. The molecule has 0 bridgehead atoms. The first kappa shape index (κ1) is 18.1. The second-order valence-corrected chi connectivity index (χ2v) is 7.81. The molecule has 0 unspecified atom stereocenters. The predicted octanol–water partition coefficient (Wildman–Crippen LogP) is 2.57. The lowest BCUT2D eigenvalue weighted by Gasteiger charge is -2.10. The lowest BCUT2D eigenvalue weighted by atomic mass is 10.1. The maximum atomic E-state index is 12.1. The summed E-state index contributed by atoms with van der Waals surface area (Å²) in [6, 6.07) is 7.07. The Kier molecular flexibility index (Phi) is 7.28. The highest BCUT2D eigenvalue weighted by molar-refractivity contribution is 7.88. The van der Waals surface area contributed by atoms with E-state index in [4.69, 9.17) is 18.0 Å². The van der Waals surface area contributed by atoms with Crippen LogP contribution in [0.2, 0.25) is 0 Å². The molecular weight excluding hydrogens is 304 g/mol. The molecule has 3 N–H and O–H groups in total. The van der Waals surface area contributed by atoms with E-state index in [1.807, 2.05) is 0 Å². The quantitative estimate of drug-likeness (QED) is 0.540. The minimum absolute atomic E-state index is 0.0926. The van der Waals surface area contributed by atoms with Gasteiger partial charge in [0.1, 0.15) is 4.99 Å². The summed E-state index contributed by atoms with van der Waals surface area (Å²) in [6.07, 6.45) is 3.00. The van der Waals surface area contributed by atoms with E-state index in [0.717, 1.165) is 19.3 Å². The van der Waals surface area contributed by atoms with Gasteiger partial charge in [-0.1, -0.05) is 63.2 Å². The van der Waals surface area contributed by atoms with Crippen LogP contribution in [-0.4, -0.2) is 20.0 Å². The Morgan fingerprint density at radius 2 is 1.95 bits per heavy atom. The summed E-state index contributed by atoms with van der Waals surface area (Å²) in [5, 5.41) is 0. The Bertz CT molecular complexity index is 569. The summed E-state index contributed by atoms with van der Waals surface area (Å²) in [7, 11) is -3.36. The zero-order valence-corrected chi connectivity index (χ0v) is 14.3. The van der Waals surface area contributed by atoms with Crippen LogP contribution < -0.4 is 10.5 Å². The topological polar surface area (TPSA) is 72.2 Å². The predicted molar refractivity (Wildman–Crippen MR) is 91.6 cm³/mol. The van der Waals surface area contributed by atoms with Crippen LogP contribution >= 0.6 is 12.2 Å². The van der Waals surface area contributed by atoms with E-state index in [0.29, 0.717) is 23.6 Å². The van der Waals surface area contributed by atoms with Crippen molar-refractivity contribution < 1.29 is 8.42 Å². The standard InChI is InChI=1S/C15H24N2O2S2/c1-12(2)7-5-6-10-17-21(18,19)11-13-8-3-4-9-14(13)15(16)20/h3-4,8-9,12,17H,5-7,10-11H2,1-2H3,(H2,16,20). The molecule has 1 aromatic carbocycles. The third-order valence-electron chi connectivity index (χ3n) is 3.16. The van der Waals surface area contributed by atoms with E-state index >= 15 is 0 Å². The summed E-state index contributed by atoms with van der Waals surface area (Å²) < 4.78 is 26.8. The van der Waals surface area contributed by atoms with Gasteiger partial charge in [0.25, 0.3) is 0 Å². The molecule has 21 heavy (non-hydrogen) atoms. The molecule has 0 atom stereocenters. The number of thiocarbonyl (C=S) groups is 1. The summed E-state index contributed by atoms with van der Waals surface area (Å²) in [5.74, 6) is 0.559. The molecule has 0 heterocycles. The maximum absolute atomic E-state index is 12.1. The molecule has 1 rings (SSSR count). The van der Waals surface area contributed by atoms with Crippen molar-refractivity contribution >= 4 is 27.2 Å². The fourth-order valence-corrected chi connectivity index (χ4v) is 3.47. The van der Waals surface area contributed by atoms with Crippen molar-refractivity contribution in [2.24, 2.45) is 11.7 Å². The molecular formula is C15H24N2O2S2. The number of hydrogen-bond donors (Lipinski definition) is 2. The minimum atomic E-state index is -3.36. The van der Waals surface area contributed by atoms with Crippen molar-refractivity contribution in [3.05, 3.63) is 35.4 Å². The molecule has 0 saturated carbocycles. The van der Waals surface area contributed by atoms with Gasteiger partial charge in [-0.05, 0) is 17.9 Å². The summed E-state index contributed by atoms with van der Waals surface area (Å²) in [4.78, 5) is 0.220. The largest absolute Gasteiger partial charge is 0.389 e. The SMILES string of the molecule is CC(C)CCCCNS(=O)(=O)Cc1ccccc1C(N)=S. The number of rotatable bonds is 9. The highest BCUT2D eigenvalue weighted by atomic mass is 32.2. The van der Waals surface area contributed by atoms with E-state index in [2.05, 4.69) is 18.6 Å². The van der Waals surface area contributed by atoms with Crippen LogP contribution in [0, 0.1) is 5.92 Å². The van der Waals surface area contributed by atoms with Crippen molar-refractivity contribution in [2.45, 2.75) is 38.9 Å². The Morgan fingerprint density at radius 1 is 1.29 bits per heavy atom. The minimum Gasteiger partial charge on any atom is -0.389 e. The Hall–Kier alpha value is -0.980. The molecule has 6 heteroatoms. The maximum Gasteiger partial charge on any atom is 0.215 e. The van der Waals surface area contributed by atoms with Gasteiger partial charge in [-0.25, -0.2) is 13.1 Å². The molecule has 0 aromatic heterocycles. The van der Waals surface area contributed by atoms with Gasteiger partial charge in [-0.15, -0.1) is 0 Å². The third-order valence-corrected chi connectivity index (χ3v) is 4.71. The Balaban J connectivity index is 2.55. The van der Waals surface area contributed by atoms with Gasteiger partial charge in [0.2, 0.25) is 10.0 Å². The van der Waals surface area contributed by atoms with Gasteiger partial charge in [0, 0.05) is 12.1 Å². The fourth-order valence-electron chi connectivity index (χ4n) is 2.05. The van der Waals surface area contributed by atoms with Crippen LogP contribution in [0.3, 0.4) is 0 Å². The first-order valence-corrected chi connectivity index (χ1v) is 9.23. The van der Waals surface area contributed by atoms with Gasteiger partial charge in [0.15, 0.2) is 0 Å². The molecule has 1 aromatic rings. The van der Waals surface area contributed by atoms with Gasteiger partial charge in [-0.2, -0.15) is 0 Å². The molecule has 4 nitrogen and oxygen atoms in total. The highest BCUT2D eigenvalue weighted by Gasteiger charge is 2.14. The number of unbranched alkanes of at least 4 members (excludes halogenated alkanes) is 1. The molecule has 0 saturated heterocycles. The molecule has 0 spiro atoms. The van der Waals surface area contributed by atoms with Crippen molar-refractivity contribution in [1.82, 2.24) is 4.72 Å². The first-order chi connectivity index (χ1) is 9.82. The molecule has 0 aliphatic heterocycles. The zero-order valence-electron chi connectivity index (χ0n) is 12.6.